The summed E-state index contributed by atoms with van der Waals surface area (Å²) in [5.41, 5.74) is 2.71. The number of hydrogen-bond donors (Lipinski definition) is 3. The van der Waals surface area contributed by atoms with Crippen LogP contribution in [0, 0.1) is 5.92 Å². The van der Waals surface area contributed by atoms with Gasteiger partial charge in [0.25, 0.3) is 0 Å². The number of quaternary nitrogens is 1. The van der Waals surface area contributed by atoms with Gasteiger partial charge in [0.05, 0.1) is 38.3 Å². The molecule has 0 saturated carbocycles. The Morgan fingerprint density at radius 2 is 1.81 bits per heavy atom. The van der Waals surface area contributed by atoms with Crippen LogP contribution in [0.3, 0.4) is 0 Å². The number of nitrogens with one attached hydrogen (secondary N) is 2. The van der Waals surface area contributed by atoms with Gasteiger partial charge in [-0.3, -0.25) is 4.79 Å². The van der Waals surface area contributed by atoms with Crippen molar-refractivity contribution < 1.29 is 14.3 Å². The first kappa shape index (κ1) is 24.8. The minimum absolute atomic E-state index is 0.107. The molecule has 3 saturated heterocycles. The average molecular weight is 491 g/mol. The normalized spacial score (nSPS) is 22.1. The molecule has 1 atom stereocenters. The van der Waals surface area contributed by atoms with Crippen LogP contribution in [0.1, 0.15) is 43.7 Å². The number of H-pyrrole nitrogens is 1. The number of pyridine rings is 1. The second-order valence-corrected chi connectivity index (χ2v) is 11.0. The third kappa shape index (κ3) is 5.93. The quantitative estimate of drug-likeness (QED) is 0.275. The van der Waals surface area contributed by atoms with Gasteiger partial charge in [-0.15, -0.1) is 0 Å². The summed E-state index contributed by atoms with van der Waals surface area (Å²) in [5, 5.41) is 14.6. The zero-order chi connectivity index (χ0) is 25.0. The number of phenols is 1. The van der Waals surface area contributed by atoms with E-state index in [0.717, 1.165) is 55.0 Å². The van der Waals surface area contributed by atoms with Crippen molar-refractivity contribution in [3.05, 3.63) is 70.0 Å². The smallest absolute Gasteiger partial charge is 0.248 e. The van der Waals surface area contributed by atoms with Crippen LogP contribution >= 0.6 is 0 Å². The number of hydrogen-bond acceptors (Lipinski definition) is 4. The lowest BCUT2D eigenvalue weighted by Gasteiger charge is -2.49. The first-order valence-electron chi connectivity index (χ1n) is 13.6. The summed E-state index contributed by atoms with van der Waals surface area (Å²) < 4.78 is 7.40. The van der Waals surface area contributed by atoms with Crippen LogP contribution in [0.5, 0.6) is 11.5 Å². The fourth-order valence-corrected chi connectivity index (χ4v) is 6.18. The highest BCUT2D eigenvalue weighted by molar-refractivity contribution is 5.87. The summed E-state index contributed by atoms with van der Waals surface area (Å²) in [6.45, 7) is 9.26. The van der Waals surface area contributed by atoms with Gasteiger partial charge in [0.1, 0.15) is 11.5 Å². The Balaban J connectivity index is 1.04. The second kappa shape index (κ2) is 11.1. The molecule has 0 spiro atoms. The molecule has 4 heterocycles. The topological polar surface area (TPSA) is 74.3 Å². The Labute approximate surface area is 213 Å². The van der Waals surface area contributed by atoms with Gasteiger partial charge < -0.3 is 24.6 Å². The van der Waals surface area contributed by atoms with Crippen LogP contribution < -0.4 is 15.6 Å². The fraction of sp³-hybridized carbons (Fsp3) is 0.500. The van der Waals surface area contributed by atoms with Crippen molar-refractivity contribution in [2.75, 3.05) is 39.3 Å². The Morgan fingerprint density at radius 1 is 1.06 bits per heavy atom. The lowest BCUT2D eigenvalue weighted by molar-refractivity contribution is -0.942. The molecule has 1 unspecified atom stereocenters. The second-order valence-electron chi connectivity index (χ2n) is 11.0. The highest BCUT2D eigenvalue weighted by atomic mass is 16.5. The number of aromatic nitrogens is 1. The van der Waals surface area contributed by atoms with E-state index < -0.39 is 0 Å². The molecule has 2 aromatic carbocycles. The maximum atomic E-state index is 11.6. The molecule has 3 fully saturated rings. The maximum Gasteiger partial charge on any atom is 0.248 e. The molecule has 192 valence electrons. The monoisotopic (exact) mass is 490 g/mol. The van der Waals surface area contributed by atoms with E-state index >= 15 is 0 Å². The van der Waals surface area contributed by atoms with E-state index in [4.69, 9.17) is 4.74 Å². The molecule has 3 aliphatic heterocycles. The first-order valence-corrected chi connectivity index (χ1v) is 13.6. The molecule has 6 heteroatoms. The number of aromatic amines is 1. The molecular formula is C30H40N3O3+. The van der Waals surface area contributed by atoms with Crippen molar-refractivity contribution in [3.63, 3.8) is 0 Å². The lowest BCUT2D eigenvalue weighted by atomic mass is 9.85. The third-order valence-corrected chi connectivity index (χ3v) is 8.40. The van der Waals surface area contributed by atoms with Crippen LogP contribution in [-0.2, 0) is 12.8 Å². The number of benzene rings is 2. The summed E-state index contributed by atoms with van der Waals surface area (Å²) in [7, 11) is 0. The van der Waals surface area contributed by atoms with E-state index in [1.54, 1.807) is 12.1 Å². The zero-order valence-electron chi connectivity index (χ0n) is 21.5. The minimum atomic E-state index is -0.205. The number of aromatic hydroxyl groups is 1. The van der Waals surface area contributed by atoms with E-state index in [1.807, 2.05) is 6.07 Å². The van der Waals surface area contributed by atoms with Gasteiger partial charge in [-0.2, -0.15) is 0 Å². The Morgan fingerprint density at radius 3 is 2.56 bits per heavy atom. The van der Waals surface area contributed by atoms with Crippen molar-refractivity contribution in [2.24, 2.45) is 5.92 Å². The minimum Gasteiger partial charge on any atom is -0.506 e. The van der Waals surface area contributed by atoms with E-state index in [1.165, 1.54) is 61.6 Å². The highest BCUT2D eigenvalue weighted by Gasteiger charge is 2.38. The predicted molar refractivity (Wildman–Crippen MR) is 145 cm³/mol. The van der Waals surface area contributed by atoms with Crippen LogP contribution in [0.15, 0.2) is 53.3 Å². The number of piperidine rings is 3. The molecule has 36 heavy (non-hydrogen) atoms. The summed E-state index contributed by atoms with van der Waals surface area (Å²) in [6, 6.07) is 15.8. The van der Waals surface area contributed by atoms with E-state index in [2.05, 4.69) is 41.5 Å². The molecule has 2 bridgehead atoms. The van der Waals surface area contributed by atoms with Gasteiger partial charge in [-0.1, -0.05) is 18.2 Å². The maximum absolute atomic E-state index is 11.6. The molecule has 0 aliphatic carbocycles. The van der Waals surface area contributed by atoms with Crippen LogP contribution in [0.2, 0.25) is 0 Å². The van der Waals surface area contributed by atoms with Gasteiger partial charge in [0, 0.05) is 23.9 Å². The molecule has 3 aromatic rings. The fourth-order valence-electron chi connectivity index (χ4n) is 6.18. The molecular weight excluding hydrogens is 450 g/mol. The number of fused-ring (bicyclic) bond motifs is 4. The van der Waals surface area contributed by atoms with Crippen molar-refractivity contribution in [1.29, 1.82) is 0 Å². The Kier molecular flexibility index (Phi) is 7.63. The van der Waals surface area contributed by atoms with Crippen LogP contribution in [-0.4, -0.2) is 59.9 Å². The standard InChI is InChI=1S/C30H39N3O3/c1-22(31-15-11-25-5-9-28(34)30-27(25)8-10-29(35)32-30)21-24-3-6-26(7-4-24)36-20-2-16-33-17-12-23(13-18-33)14-19-33/h3-10,22-23,31H,2,11-21H2,1H3,(H-,32,34,35)/p+1. The van der Waals surface area contributed by atoms with Gasteiger partial charge in [-0.25, -0.2) is 0 Å². The average Bonchev–Trinajstić information content (AvgIpc) is 2.90. The summed E-state index contributed by atoms with van der Waals surface area (Å²) in [4.78, 5) is 14.3. The van der Waals surface area contributed by atoms with Crippen molar-refractivity contribution >= 4 is 10.9 Å². The van der Waals surface area contributed by atoms with Crippen molar-refractivity contribution in [2.45, 2.75) is 51.5 Å². The molecule has 0 amide bonds. The first-order chi connectivity index (χ1) is 17.5. The molecule has 3 aliphatic rings. The molecule has 6 rings (SSSR count). The number of nitrogens with zero attached hydrogens (tertiary/aromatic N) is 1. The highest BCUT2D eigenvalue weighted by Crippen LogP contribution is 2.33. The summed E-state index contributed by atoms with van der Waals surface area (Å²) in [6.07, 6.45) is 7.22. The SMILES string of the molecule is CC(Cc1ccc(OCCC[N+]23CCC(CC2)CC3)cc1)NCCc1ccc(O)c2[nH]c(=O)ccc12. The van der Waals surface area contributed by atoms with Crippen molar-refractivity contribution in [1.82, 2.24) is 10.3 Å². The van der Waals surface area contributed by atoms with Gasteiger partial charge in [0.2, 0.25) is 5.56 Å². The summed E-state index contributed by atoms with van der Waals surface area (Å²) >= 11 is 0. The Hall–Kier alpha value is -2.83. The number of ether oxygens (including phenoxy) is 1. The van der Waals surface area contributed by atoms with Crippen LogP contribution in [0.4, 0.5) is 0 Å². The molecule has 3 N–H and O–H groups in total. The summed E-state index contributed by atoms with van der Waals surface area (Å²) in [5.74, 6) is 2.09. The van der Waals surface area contributed by atoms with Gasteiger partial charge >= 0.3 is 0 Å². The molecule has 6 nitrogen and oxygen atoms in total. The third-order valence-electron chi connectivity index (χ3n) is 8.40. The lowest BCUT2D eigenvalue weighted by Crippen LogP contribution is -2.58. The van der Waals surface area contributed by atoms with E-state index in [9.17, 15) is 9.90 Å². The van der Waals surface area contributed by atoms with Gasteiger partial charge in [-0.05, 0) is 86.9 Å². The molecule has 0 radical (unpaired) electrons. The zero-order valence-corrected chi connectivity index (χ0v) is 21.5. The van der Waals surface area contributed by atoms with Crippen LogP contribution in [0.25, 0.3) is 10.9 Å². The predicted octanol–water partition coefficient (Wildman–Crippen LogP) is 4.40. The largest absolute Gasteiger partial charge is 0.506 e. The van der Waals surface area contributed by atoms with Crippen molar-refractivity contribution in [3.8, 4) is 11.5 Å². The van der Waals surface area contributed by atoms with E-state index in [-0.39, 0.29) is 11.3 Å². The number of phenolic OH excluding ortho intramolecular Hbond substituents is 1. The van der Waals surface area contributed by atoms with E-state index in [0.29, 0.717) is 11.6 Å². The van der Waals surface area contributed by atoms with Gasteiger partial charge in [0.15, 0.2) is 0 Å². The Bertz CT molecular complexity index is 1200. The molecule has 1 aromatic heterocycles. The number of rotatable bonds is 11.